The third kappa shape index (κ3) is 4.57. The van der Waals surface area contributed by atoms with E-state index in [1.165, 1.54) is 35.1 Å². The number of nitrogens with zero attached hydrogens (tertiary/aromatic N) is 1. The summed E-state index contributed by atoms with van der Waals surface area (Å²) in [5, 5.41) is 3.91. The first kappa shape index (κ1) is 22.9. The van der Waals surface area contributed by atoms with E-state index in [1.54, 1.807) is 0 Å². The molecule has 0 saturated carbocycles. The predicted molar refractivity (Wildman–Crippen MR) is 131 cm³/mol. The molecular formula is C24H29N3O3S2. The zero-order valence-corrected chi connectivity index (χ0v) is 20.7. The molecule has 1 aliphatic carbocycles. The van der Waals surface area contributed by atoms with E-state index in [4.69, 9.17) is 4.74 Å². The van der Waals surface area contributed by atoms with Gasteiger partial charge in [-0.3, -0.25) is 4.79 Å². The Morgan fingerprint density at radius 3 is 2.75 bits per heavy atom. The van der Waals surface area contributed by atoms with Gasteiger partial charge in [0, 0.05) is 4.88 Å². The van der Waals surface area contributed by atoms with Crippen LogP contribution in [0.4, 0.5) is 5.00 Å². The Labute approximate surface area is 196 Å². The van der Waals surface area contributed by atoms with E-state index < -0.39 is 0 Å². The number of imidazole rings is 1. The molecule has 0 saturated heterocycles. The molecule has 4 rings (SSSR count). The third-order valence-electron chi connectivity index (χ3n) is 6.14. The van der Waals surface area contributed by atoms with Gasteiger partial charge in [-0.25, -0.2) is 9.78 Å². The van der Waals surface area contributed by atoms with Crippen molar-refractivity contribution in [1.82, 2.24) is 9.97 Å². The smallest absolute Gasteiger partial charge is 0.341 e. The maximum atomic E-state index is 13.0. The Morgan fingerprint density at radius 1 is 1.31 bits per heavy atom. The highest BCUT2D eigenvalue weighted by Crippen LogP contribution is 2.44. The summed E-state index contributed by atoms with van der Waals surface area (Å²) < 4.78 is 5.06. The number of carbonyl (C=O) groups excluding carboxylic acids is 2. The fourth-order valence-corrected chi connectivity index (χ4v) is 6.29. The molecule has 2 heterocycles. The molecule has 2 unspecified atom stereocenters. The molecule has 2 N–H and O–H groups in total. The van der Waals surface area contributed by atoms with Crippen LogP contribution in [0.5, 0.6) is 0 Å². The Bertz CT molecular complexity index is 1130. The van der Waals surface area contributed by atoms with Gasteiger partial charge in [-0.1, -0.05) is 44.7 Å². The van der Waals surface area contributed by atoms with Crippen LogP contribution in [-0.4, -0.2) is 34.2 Å². The third-order valence-corrected chi connectivity index (χ3v) is 8.30. The molecule has 6 nitrogen and oxygen atoms in total. The number of amides is 1. The minimum absolute atomic E-state index is 0.161. The van der Waals surface area contributed by atoms with E-state index in [0.29, 0.717) is 21.6 Å². The zero-order valence-electron chi connectivity index (χ0n) is 19.1. The second-order valence-corrected chi connectivity index (χ2v) is 11.7. The number of fused-ring (bicyclic) bond motifs is 2. The summed E-state index contributed by atoms with van der Waals surface area (Å²) in [5.74, 6) is 0.00133. The van der Waals surface area contributed by atoms with E-state index in [-0.39, 0.29) is 22.5 Å². The highest BCUT2D eigenvalue weighted by atomic mass is 32.2. The first-order valence-electron chi connectivity index (χ1n) is 10.8. The van der Waals surface area contributed by atoms with Crippen molar-refractivity contribution in [1.29, 1.82) is 0 Å². The molecule has 3 aromatic rings. The van der Waals surface area contributed by atoms with Crippen molar-refractivity contribution >= 4 is 51.0 Å². The van der Waals surface area contributed by atoms with Crippen LogP contribution < -0.4 is 5.32 Å². The van der Waals surface area contributed by atoms with Crippen LogP contribution in [0.1, 0.15) is 54.9 Å². The molecule has 0 aliphatic heterocycles. The highest BCUT2D eigenvalue weighted by Gasteiger charge is 2.34. The zero-order chi connectivity index (χ0) is 23.0. The number of benzene rings is 1. The number of ether oxygens (including phenoxy) is 1. The molecule has 0 radical (unpaired) electrons. The standard InChI is InChI=1S/C24H29N3O3S2/c1-13(31-23-25-16-8-6-7-9-17(16)26-23)20(28)27-21-19(22(29)30-5)15-11-10-14(24(2,3)4)12-18(15)32-21/h6-9,13-14H,10-12H2,1-5H3,(H,25,26)(H,27,28). The van der Waals surface area contributed by atoms with Crippen molar-refractivity contribution in [2.45, 2.75) is 57.4 Å². The van der Waals surface area contributed by atoms with Crippen molar-refractivity contribution in [2.75, 3.05) is 12.4 Å². The van der Waals surface area contributed by atoms with Crippen LogP contribution in [0.25, 0.3) is 11.0 Å². The molecule has 0 fully saturated rings. The number of para-hydroxylation sites is 2. The Kier molecular flexibility index (Phi) is 6.36. The summed E-state index contributed by atoms with van der Waals surface area (Å²) in [7, 11) is 1.39. The van der Waals surface area contributed by atoms with Crippen LogP contribution in [-0.2, 0) is 22.4 Å². The quantitative estimate of drug-likeness (QED) is 0.369. The van der Waals surface area contributed by atoms with Crippen molar-refractivity contribution < 1.29 is 14.3 Å². The van der Waals surface area contributed by atoms with Gasteiger partial charge in [-0.05, 0) is 55.2 Å². The van der Waals surface area contributed by atoms with Gasteiger partial charge < -0.3 is 15.0 Å². The topological polar surface area (TPSA) is 84.1 Å². The molecule has 32 heavy (non-hydrogen) atoms. The lowest BCUT2D eigenvalue weighted by Gasteiger charge is -2.33. The van der Waals surface area contributed by atoms with E-state index in [9.17, 15) is 9.59 Å². The largest absolute Gasteiger partial charge is 0.465 e. The molecule has 2 atom stereocenters. The molecule has 8 heteroatoms. The number of thiophene rings is 1. The summed E-state index contributed by atoms with van der Waals surface area (Å²) in [4.78, 5) is 34.6. The van der Waals surface area contributed by atoms with E-state index in [0.717, 1.165) is 35.9 Å². The molecule has 2 aromatic heterocycles. The Morgan fingerprint density at radius 2 is 2.06 bits per heavy atom. The number of H-pyrrole nitrogens is 1. The molecule has 1 aromatic carbocycles. The van der Waals surface area contributed by atoms with Gasteiger partial charge in [0.05, 0.1) is 29.0 Å². The monoisotopic (exact) mass is 471 g/mol. The molecule has 0 spiro atoms. The second-order valence-electron chi connectivity index (χ2n) is 9.31. The Hall–Kier alpha value is -2.32. The van der Waals surface area contributed by atoms with Crippen LogP contribution in [0.3, 0.4) is 0 Å². The van der Waals surface area contributed by atoms with Crippen LogP contribution >= 0.6 is 23.1 Å². The fourth-order valence-electron chi connectivity index (χ4n) is 4.15. The van der Waals surface area contributed by atoms with Crippen molar-refractivity contribution in [3.05, 3.63) is 40.3 Å². The fraction of sp³-hybridized carbons (Fsp3) is 0.458. The summed E-state index contributed by atoms with van der Waals surface area (Å²) in [5.41, 5.74) is 3.57. The van der Waals surface area contributed by atoms with E-state index in [1.807, 2.05) is 31.2 Å². The number of esters is 1. The number of anilines is 1. The maximum absolute atomic E-state index is 13.0. The molecule has 0 bridgehead atoms. The average molecular weight is 472 g/mol. The van der Waals surface area contributed by atoms with Gasteiger partial charge in [0.15, 0.2) is 5.16 Å². The number of nitrogens with one attached hydrogen (secondary N) is 2. The maximum Gasteiger partial charge on any atom is 0.341 e. The summed E-state index contributed by atoms with van der Waals surface area (Å²) in [6.45, 7) is 8.62. The van der Waals surface area contributed by atoms with E-state index >= 15 is 0 Å². The SMILES string of the molecule is COC(=O)c1c(NC(=O)C(C)Sc2nc3ccccc3[nH]2)sc2c1CCC(C(C)(C)C)C2. The van der Waals surface area contributed by atoms with Crippen molar-refractivity contribution in [3.8, 4) is 0 Å². The second kappa shape index (κ2) is 8.90. The molecule has 170 valence electrons. The van der Waals surface area contributed by atoms with Crippen LogP contribution in [0.2, 0.25) is 0 Å². The van der Waals surface area contributed by atoms with Gasteiger partial charge in [-0.2, -0.15) is 0 Å². The minimum atomic E-state index is -0.387. The number of aromatic nitrogens is 2. The number of carbonyl (C=O) groups is 2. The number of aromatic amines is 1. The van der Waals surface area contributed by atoms with Gasteiger partial charge in [0.2, 0.25) is 5.91 Å². The lowest BCUT2D eigenvalue weighted by Crippen LogP contribution is -2.26. The van der Waals surface area contributed by atoms with E-state index in [2.05, 4.69) is 36.1 Å². The van der Waals surface area contributed by atoms with Gasteiger partial charge in [0.25, 0.3) is 0 Å². The lowest BCUT2D eigenvalue weighted by molar-refractivity contribution is -0.115. The van der Waals surface area contributed by atoms with Crippen molar-refractivity contribution in [2.24, 2.45) is 11.3 Å². The summed E-state index contributed by atoms with van der Waals surface area (Å²) in [6, 6.07) is 7.78. The van der Waals surface area contributed by atoms with Gasteiger partial charge in [-0.15, -0.1) is 11.3 Å². The summed E-state index contributed by atoms with van der Waals surface area (Å²) in [6.07, 6.45) is 2.78. The van der Waals surface area contributed by atoms with Crippen LogP contribution in [0.15, 0.2) is 29.4 Å². The average Bonchev–Trinajstić information content (AvgIpc) is 3.31. The molecule has 1 aliphatic rings. The first-order chi connectivity index (χ1) is 15.2. The molecular weight excluding hydrogens is 442 g/mol. The predicted octanol–water partition coefficient (Wildman–Crippen LogP) is 5.68. The summed E-state index contributed by atoms with van der Waals surface area (Å²) >= 11 is 2.88. The van der Waals surface area contributed by atoms with Crippen LogP contribution in [0, 0.1) is 11.3 Å². The van der Waals surface area contributed by atoms with Gasteiger partial charge in [0.1, 0.15) is 5.00 Å². The number of thioether (sulfide) groups is 1. The minimum Gasteiger partial charge on any atom is -0.465 e. The highest BCUT2D eigenvalue weighted by molar-refractivity contribution is 8.00. The lowest BCUT2D eigenvalue weighted by atomic mass is 9.72. The number of methoxy groups -OCH3 is 1. The number of hydrogen-bond acceptors (Lipinski definition) is 6. The number of hydrogen-bond donors (Lipinski definition) is 2. The molecule has 1 amide bonds. The van der Waals surface area contributed by atoms with Gasteiger partial charge >= 0.3 is 5.97 Å². The number of rotatable bonds is 5. The first-order valence-corrected chi connectivity index (χ1v) is 12.5. The van der Waals surface area contributed by atoms with Crippen molar-refractivity contribution in [3.63, 3.8) is 0 Å². The Balaban J connectivity index is 1.54. The normalized spacial score (nSPS) is 17.1.